The van der Waals surface area contributed by atoms with Crippen LogP contribution >= 0.6 is 0 Å². The molecule has 0 unspecified atom stereocenters. The van der Waals surface area contributed by atoms with Crippen molar-refractivity contribution in [1.82, 2.24) is 4.90 Å². The predicted octanol–water partition coefficient (Wildman–Crippen LogP) is 0.695. The smallest absolute Gasteiger partial charge is 0.225 e. The SMILES string of the molecule is CCOC[C@H]1CCS(=O)(=O)C12CN(C(=O)C(C)C)C2. The molecule has 0 aliphatic carbocycles. The van der Waals surface area contributed by atoms with Crippen molar-refractivity contribution >= 4 is 15.7 Å². The van der Waals surface area contributed by atoms with E-state index in [-0.39, 0.29) is 23.5 Å². The van der Waals surface area contributed by atoms with Crippen molar-refractivity contribution < 1.29 is 17.9 Å². The van der Waals surface area contributed by atoms with Gasteiger partial charge in [0.25, 0.3) is 0 Å². The zero-order valence-electron chi connectivity index (χ0n) is 11.9. The number of nitrogens with zero attached hydrogens (tertiary/aromatic N) is 1. The van der Waals surface area contributed by atoms with Crippen LogP contribution in [-0.2, 0) is 19.4 Å². The molecule has 2 fully saturated rings. The summed E-state index contributed by atoms with van der Waals surface area (Å²) < 4.78 is 29.3. The van der Waals surface area contributed by atoms with Crippen molar-refractivity contribution in [2.24, 2.45) is 11.8 Å². The highest BCUT2D eigenvalue weighted by Crippen LogP contribution is 2.45. The lowest BCUT2D eigenvalue weighted by Gasteiger charge is -2.50. The molecule has 0 bridgehead atoms. The van der Waals surface area contributed by atoms with E-state index in [9.17, 15) is 13.2 Å². The summed E-state index contributed by atoms with van der Waals surface area (Å²) in [4.78, 5) is 13.6. The average Bonchev–Trinajstić information content (AvgIpc) is 2.54. The summed E-state index contributed by atoms with van der Waals surface area (Å²) in [6.45, 7) is 7.38. The maximum absolute atomic E-state index is 12.3. The third kappa shape index (κ3) is 2.29. The highest BCUT2D eigenvalue weighted by atomic mass is 32.2. The van der Waals surface area contributed by atoms with Crippen LogP contribution in [0, 0.1) is 11.8 Å². The summed E-state index contributed by atoms with van der Waals surface area (Å²) in [5.74, 6) is 0.234. The van der Waals surface area contributed by atoms with Gasteiger partial charge in [0, 0.05) is 31.5 Å². The van der Waals surface area contributed by atoms with Gasteiger partial charge < -0.3 is 9.64 Å². The minimum absolute atomic E-state index is 0.0358. The molecule has 2 aliphatic heterocycles. The molecule has 2 rings (SSSR count). The first-order valence-corrected chi connectivity index (χ1v) is 8.58. The first kappa shape index (κ1) is 14.8. The Balaban J connectivity index is 2.10. The van der Waals surface area contributed by atoms with E-state index in [0.717, 1.165) is 0 Å². The van der Waals surface area contributed by atoms with Crippen LogP contribution in [0.3, 0.4) is 0 Å². The fraction of sp³-hybridized carbons (Fsp3) is 0.923. The van der Waals surface area contributed by atoms with Crippen LogP contribution in [-0.4, -0.2) is 56.0 Å². The third-order valence-corrected chi connectivity index (χ3v) is 6.95. The van der Waals surface area contributed by atoms with Gasteiger partial charge in [-0.05, 0) is 13.3 Å². The topological polar surface area (TPSA) is 63.7 Å². The number of rotatable bonds is 4. The molecular formula is C13H23NO4S. The molecule has 0 aromatic carbocycles. The third-order valence-electron chi connectivity index (χ3n) is 4.34. The minimum atomic E-state index is -3.10. The van der Waals surface area contributed by atoms with Crippen molar-refractivity contribution in [1.29, 1.82) is 0 Å². The van der Waals surface area contributed by atoms with Gasteiger partial charge in [-0.15, -0.1) is 0 Å². The van der Waals surface area contributed by atoms with Gasteiger partial charge in [-0.1, -0.05) is 13.8 Å². The summed E-state index contributed by atoms with van der Waals surface area (Å²) in [5.41, 5.74) is 0. The van der Waals surface area contributed by atoms with Gasteiger partial charge in [0.1, 0.15) is 4.75 Å². The molecule has 0 aromatic heterocycles. The van der Waals surface area contributed by atoms with Gasteiger partial charge >= 0.3 is 0 Å². The van der Waals surface area contributed by atoms with E-state index in [0.29, 0.717) is 32.7 Å². The van der Waals surface area contributed by atoms with Crippen molar-refractivity contribution in [2.45, 2.75) is 31.9 Å². The Morgan fingerprint density at radius 2 is 2.05 bits per heavy atom. The second-order valence-electron chi connectivity index (χ2n) is 5.88. The van der Waals surface area contributed by atoms with Gasteiger partial charge in [-0.2, -0.15) is 0 Å². The molecule has 5 nitrogen and oxygen atoms in total. The number of ether oxygens (including phenoxy) is 1. The maximum atomic E-state index is 12.3. The number of amides is 1. The second-order valence-corrected chi connectivity index (χ2v) is 8.33. The van der Waals surface area contributed by atoms with Gasteiger partial charge in [-0.25, -0.2) is 8.42 Å². The molecule has 2 saturated heterocycles. The van der Waals surface area contributed by atoms with E-state index in [1.54, 1.807) is 4.90 Å². The van der Waals surface area contributed by atoms with Gasteiger partial charge in [0.2, 0.25) is 5.91 Å². The van der Waals surface area contributed by atoms with Crippen molar-refractivity contribution in [3.63, 3.8) is 0 Å². The molecule has 0 N–H and O–H groups in total. The average molecular weight is 289 g/mol. The van der Waals surface area contributed by atoms with Crippen LogP contribution in [0.2, 0.25) is 0 Å². The summed E-state index contributed by atoms with van der Waals surface area (Å²) >= 11 is 0. The minimum Gasteiger partial charge on any atom is -0.381 e. The quantitative estimate of drug-likeness (QED) is 0.764. The fourth-order valence-electron chi connectivity index (χ4n) is 3.09. The molecule has 2 heterocycles. The molecule has 1 spiro atoms. The molecular weight excluding hydrogens is 266 g/mol. The molecule has 110 valence electrons. The van der Waals surface area contributed by atoms with E-state index < -0.39 is 14.6 Å². The lowest BCUT2D eigenvalue weighted by molar-refractivity contribution is -0.141. The lowest BCUT2D eigenvalue weighted by Crippen LogP contribution is -2.69. The summed E-state index contributed by atoms with van der Waals surface area (Å²) in [6.07, 6.45) is 0.659. The van der Waals surface area contributed by atoms with Crippen LogP contribution in [0.1, 0.15) is 27.2 Å². The first-order chi connectivity index (χ1) is 8.84. The largest absolute Gasteiger partial charge is 0.381 e. The number of likely N-dealkylation sites (tertiary alicyclic amines) is 1. The molecule has 6 heteroatoms. The highest BCUT2D eigenvalue weighted by molar-refractivity contribution is 7.93. The standard InChI is InChI=1S/C13H23NO4S/c1-4-18-7-11-5-6-19(16,17)13(11)8-14(9-13)12(15)10(2)3/h10-11H,4-9H2,1-3H3/t11-/m1/s1. The Morgan fingerprint density at radius 3 is 2.58 bits per heavy atom. The number of hydrogen-bond donors (Lipinski definition) is 0. The Bertz CT molecular complexity index is 451. The van der Waals surface area contributed by atoms with Crippen molar-refractivity contribution in [2.75, 3.05) is 32.1 Å². The van der Waals surface area contributed by atoms with E-state index in [1.165, 1.54) is 0 Å². The Labute approximate surface area is 115 Å². The van der Waals surface area contributed by atoms with Gasteiger partial charge in [0.05, 0.1) is 12.4 Å². The highest BCUT2D eigenvalue weighted by Gasteiger charge is 2.62. The number of carbonyl (C=O) groups excluding carboxylic acids is 1. The Kier molecular flexibility index (Phi) is 3.93. The molecule has 1 amide bonds. The first-order valence-electron chi connectivity index (χ1n) is 6.93. The van der Waals surface area contributed by atoms with E-state index in [4.69, 9.17) is 4.74 Å². The van der Waals surface area contributed by atoms with Crippen molar-refractivity contribution in [3.8, 4) is 0 Å². The monoisotopic (exact) mass is 289 g/mol. The van der Waals surface area contributed by atoms with E-state index in [1.807, 2.05) is 20.8 Å². The number of hydrogen-bond acceptors (Lipinski definition) is 4. The summed E-state index contributed by atoms with van der Waals surface area (Å²) in [6, 6.07) is 0. The van der Waals surface area contributed by atoms with Gasteiger partial charge in [0.15, 0.2) is 9.84 Å². The number of carbonyl (C=O) groups is 1. The fourth-order valence-corrected chi connectivity index (χ4v) is 5.49. The molecule has 0 saturated carbocycles. The predicted molar refractivity (Wildman–Crippen MR) is 72.5 cm³/mol. The van der Waals surface area contributed by atoms with Crippen LogP contribution in [0.5, 0.6) is 0 Å². The molecule has 1 atom stereocenters. The van der Waals surface area contributed by atoms with E-state index in [2.05, 4.69) is 0 Å². The molecule has 0 aromatic rings. The maximum Gasteiger partial charge on any atom is 0.225 e. The molecule has 0 radical (unpaired) electrons. The number of sulfone groups is 1. The van der Waals surface area contributed by atoms with E-state index >= 15 is 0 Å². The summed E-state index contributed by atoms with van der Waals surface area (Å²) in [5, 5.41) is 0. The zero-order chi connectivity index (χ0) is 14.3. The normalized spacial score (nSPS) is 27.8. The van der Waals surface area contributed by atoms with Crippen LogP contribution in [0.25, 0.3) is 0 Å². The molecule has 19 heavy (non-hydrogen) atoms. The Morgan fingerprint density at radius 1 is 1.42 bits per heavy atom. The molecule has 2 aliphatic rings. The van der Waals surface area contributed by atoms with Crippen LogP contribution in [0.4, 0.5) is 0 Å². The van der Waals surface area contributed by atoms with Crippen LogP contribution < -0.4 is 0 Å². The van der Waals surface area contributed by atoms with Crippen LogP contribution in [0.15, 0.2) is 0 Å². The van der Waals surface area contributed by atoms with Gasteiger partial charge in [-0.3, -0.25) is 4.79 Å². The Hall–Kier alpha value is -0.620. The second kappa shape index (κ2) is 5.05. The summed E-state index contributed by atoms with van der Waals surface area (Å²) in [7, 11) is -3.10. The zero-order valence-corrected chi connectivity index (χ0v) is 12.7. The van der Waals surface area contributed by atoms with Crippen molar-refractivity contribution in [3.05, 3.63) is 0 Å². The lowest BCUT2D eigenvalue weighted by atomic mass is 9.83.